The predicted octanol–water partition coefficient (Wildman–Crippen LogP) is 1.29. The van der Waals surface area contributed by atoms with E-state index >= 15 is 0 Å². The lowest BCUT2D eigenvalue weighted by molar-refractivity contribution is -0.142. The van der Waals surface area contributed by atoms with E-state index in [1.165, 1.54) is 6.07 Å². The second-order valence-corrected chi connectivity index (χ2v) is 3.32. The van der Waals surface area contributed by atoms with Crippen LogP contribution in [0.3, 0.4) is 0 Å². The first-order chi connectivity index (χ1) is 8.51. The lowest BCUT2D eigenvalue weighted by Gasteiger charge is -2.08. The van der Waals surface area contributed by atoms with E-state index in [4.69, 9.17) is 5.26 Å². The highest BCUT2D eigenvalue weighted by atomic mass is 19.3. The van der Waals surface area contributed by atoms with Crippen LogP contribution < -0.4 is 5.43 Å². The molecule has 1 aromatic heterocycles. The average molecular weight is 256 g/mol. The van der Waals surface area contributed by atoms with E-state index in [-0.39, 0.29) is 12.3 Å². The molecule has 0 aliphatic rings. The molecule has 0 spiro atoms. The van der Waals surface area contributed by atoms with Gasteiger partial charge < -0.3 is 9.72 Å². The smallest absolute Gasteiger partial charge is 0.311 e. The Kier molecular flexibility index (Phi) is 4.54. The highest BCUT2D eigenvalue weighted by molar-refractivity contribution is 5.72. The minimum absolute atomic E-state index is 0.114. The summed E-state index contributed by atoms with van der Waals surface area (Å²) in [6, 6.07) is 1.50. The number of nitrogens with one attached hydrogen (secondary N) is 1. The zero-order valence-electron chi connectivity index (χ0n) is 9.50. The fourth-order valence-corrected chi connectivity index (χ4v) is 1.40. The first-order valence-electron chi connectivity index (χ1n) is 5.09. The van der Waals surface area contributed by atoms with E-state index in [1.54, 1.807) is 6.92 Å². The van der Waals surface area contributed by atoms with Crippen LogP contribution in [0, 0.1) is 11.3 Å². The van der Waals surface area contributed by atoms with Crippen molar-refractivity contribution in [2.75, 3.05) is 6.61 Å². The molecule has 0 atom stereocenters. The van der Waals surface area contributed by atoms with Crippen molar-refractivity contribution in [3.63, 3.8) is 0 Å². The molecule has 0 aromatic carbocycles. The van der Waals surface area contributed by atoms with Gasteiger partial charge in [-0.15, -0.1) is 0 Å². The Morgan fingerprint density at radius 1 is 1.61 bits per heavy atom. The van der Waals surface area contributed by atoms with E-state index in [1.807, 2.05) is 0 Å². The van der Waals surface area contributed by atoms with E-state index in [0.29, 0.717) is 0 Å². The third-order valence-electron chi connectivity index (χ3n) is 2.17. The predicted molar refractivity (Wildman–Crippen MR) is 57.1 cm³/mol. The number of ether oxygens (including phenoxy) is 1. The molecule has 7 heteroatoms. The van der Waals surface area contributed by atoms with E-state index < -0.39 is 35.4 Å². The lowest BCUT2D eigenvalue weighted by atomic mass is 10.1. The summed E-state index contributed by atoms with van der Waals surface area (Å²) in [6.07, 6.45) is -2.52. The monoisotopic (exact) mass is 256 g/mol. The third-order valence-corrected chi connectivity index (χ3v) is 2.17. The zero-order valence-corrected chi connectivity index (χ0v) is 9.50. The Morgan fingerprint density at radius 3 is 2.78 bits per heavy atom. The van der Waals surface area contributed by atoms with Crippen LogP contribution >= 0.6 is 0 Å². The van der Waals surface area contributed by atoms with Gasteiger partial charge in [0.1, 0.15) is 11.6 Å². The van der Waals surface area contributed by atoms with Crippen LogP contribution in [0.2, 0.25) is 0 Å². The summed E-state index contributed by atoms with van der Waals surface area (Å²) < 4.78 is 30.1. The number of nitrogens with zero attached hydrogens (tertiary/aromatic N) is 1. The Hall–Kier alpha value is -2.23. The van der Waals surface area contributed by atoms with Gasteiger partial charge in [-0.2, -0.15) is 5.26 Å². The lowest BCUT2D eigenvalue weighted by Crippen LogP contribution is -2.20. The van der Waals surface area contributed by atoms with Crippen LogP contribution in [0.4, 0.5) is 8.78 Å². The SMILES string of the molecule is CCOC(=O)Cc1[nH]cc(C#N)c(=O)c1C(F)F. The standard InChI is InChI=1S/C11H10F2N2O3/c1-2-18-8(16)3-7-9(11(12)13)10(17)6(4-14)5-15-7/h5,11H,2-3H2,1H3,(H,15,17). The van der Waals surface area contributed by atoms with Crippen molar-refractivity contribution in [1.29, 1.82) is 5.26 Å². The fraction of sp³-hybridized carbons (Fsp3) is 0.364. The second kappa shape index (κ2) is 5.91. The van der Waals surface area contributed by atoms with Crippen molar-refractivity contribution in [1.82, 2.24) is 4.98 Å². The van der Waals surface area contributed by atoms with Gasteiger partial charge in [-0.1, -0.05) is 0 Å². The number of carbonyl (C=O) groups is 1. The van der Waals surface area contributed by atoms with E-state index in [0.717, 1.165) is 6.20 Å². The second-order valence-electron chi connectivity index (χ2n) is 3.32. The molecule has 0 aliphatic heterocycles. The number of rotatable bonds is 4. The number of carbonyl (C=O) groups excluding carboxylic acids is 1. The molecule has 1 aromatic rings. The number of H-pyrrole nitrogens is 1. The molecule has 0 aliphatic carbocycles. The Bertz CT molecular complexity index is 546. The summed E-state index contributed by atoms with van der Waals surface area (Å²) in [5.41, 5.74) is -2.57. The summed E-state index contributed by atoms with van der Waals surface area (Å²) in [5, 5.41) is 8.58. The third kappa shape index (κ3) is 2.91. The highest BCUT2D eigenvalue weighted by Crippen LogP contribution is 2.19. The largest absolute Gasteiger partial charge is 0.466 e. The van der Waals surface area contributed by atoms with Crippen LogP contribution in [0.5, 0.6) is 0 Å². The van der Waals surface area contributed by atoms with Gasteiger partial charge in [0.25, 0.3) is 6.43 Å². The maximum absolute atomic E-state index is 12.8. The Balaban J connectivity index is 3.21. The molecular weight excluding hydrogens is 246 g/mol. The first kappa shape index (κ1) is 13.8. The molecule has 0 unspecified atom stereocenters. The molecule has 0 radical (unpaired) electrons. The van der Waals surface area contributed by atoms with Gasteiger partial charge in [0.2, 0.25) is 5.43 Å². The van der Waals surface area contributed by atoms with Gasteiger partial charge in [0, 0.05) is 11.9 Å². The summed E-state index contributed by atoms with van der Waals surface area (Å²) in [6.45, 7) is 1.69. The summed E-state index contributed by atoms with van der Waals surface area (Å²) in [5.74, 6) is -0.722. The fourth-order valence-electron chi connectivity index (χ4n) is 1.40. The molecule has 1 heterocycles. The number of nitriles is 1. The topological polar surface area (TPSA) is 82.9 Å². The van der Waals surface area contributed by atoms with Crippen LogP contribution in [0.25, 0.3) is 0 Å². The van der Waals surface area contributed by atoms with Crippen molar-refractivity contribution < 1.29 is 18.3 Å². The molecule has 18 heavy (non-hydrogen) atoms. The molecule has 96 valence electrons. The van der Waals surface area contributed by atoms with Gasteiger partial charge in [0.15, 0.2) is 0 Å². The molecule has 0 saturated carbocycles. The Labute approximate surface area is 101 Å². The van der Waals surface area contributed by atoms with Crippen LogP contribution in [0.1, 0.15) is 30.2 Å². The van der Waals surface area contributed by atoms with E-state index in [9.17, 15) is 18.4 Å². The summed E-state index contributed by atoms with van der Waals surface area (Å²) in [4.78, 5) is 25.1. The number of hydrogen-bond donors (Lipinski definition) is 1. The van der Waals surface area contributed by atoms with Crippen LogP contribution in [0.15, 0.2) is 11.0 Å². The van der Waals surface area contributed by atoms with Gasteiger partial charge in [-0.05, 0) is 6.92 Å². The number of hydrogen-bond acceptors (Lipinski definition) is 4. The van der Waals surface area contributed by atoms with Crippen molar-refractivity contribution >= 4 is 5.97 Å². The number of halogens is 2. The maximum Gasteiger partial charge on any atom is 0.311 e. The molecule has 0 amide bonds. The number of pyridine rings is 1. The van der Waals surface area contributed by atoms with Gasteiger partial charge >= 0.3 is 5.97 Å². The number of alkyl halides is 2. The summed E-state index contributed by atoms with van der Waals surface area (Å²) in [7, 11) is 0. The normalized spacial score (nSPS) is 10.2. The minimum atomic E-state index is -3.06. The average Bonchev–Trinajstić information content (AvgIpc) is 2.29. The van der Waals surface area contributed by atoms with Crippen molar-refractivity contribution in [3.05, 3.63) is 33.2 Å². The quantitative estimate of drug-likeness (QED) is 0.823. The van der Waals surface area contributed by atoms with Crippen molar-refractivity contribution in [3.8, 4) is 6.07 Å². The molecular formula is C11H10F2N2O3. The van der Waals surface area contributed by atoms with Crippen molar-refractivity contribution in [2.45, 2.75) is 19.8 Å². The first-order valence-corrected chi connectivity index (χ1v) is 5.09. The van der Waals surface area contributed by atoms with Crippen LogP contribution in [-0.4, -0.2) is 17.6 Å². The minimum Gasteiger partial charge on any atom is -0.466 e. The molecule has 1 rings (SSSR count). The maximum atomic E-state index is 12.8. The van der Waals surface area contributed by atoms with Gasteiger partial charge in [-0.25, -0.2) is 8.78 Å². The Morgan fingerprint density at radius 2 is 2.28 bits per heavy atom. The number of esters is 1. The van der Waals surface area contributed by atoms with Crippen LogP contribution in [-0.2, 0) is 16.0 Å². The molecule has 5 nitrogen and oxygen atoms in total. The summed E-state index contributed by atoms with van der Waals surface area (Å²) >= 11 is 0. The molecule has 1 N–H and O–H groups in total. The molecule has 0 bridgehead atoms. The van der Waals surface area contributed by atoms with Crippen molar-refractivity contribution in [2.24, 2.45) is 0 Å². The van der Waals surface area contributed by atoms with Gasteiger partial charge in [0.05, 0.1) is 18.6 Å². The van der Waals surface area contributed by atoms with E-state index in [2.05, 4.69) is 9.72 Å². The van der Waals surface area contributed by atoms with Gasteiger partial charge in [-0.3, -0.25) is 9.59 Å². The zero-order chi connectivity index (χ0) is 13.7. The number of aromatic nitrogens is 1. The molecule has 0 fully saturated rings. The highest BCUT2D eigenvalue weighted by Gasteiger charge is 2.22. The molecule has 0 saturated heterocycles. The number of aromatic amines is 1.